The Morgan fingerprint density at radius 3 is 2.83 bits per heavy atom. The first-order valence-electron chi connectivity index (χ1n) is 7.48. The van der Waals surface area contributed by atoms with Gasteiger partial charge in [0.2, 0.25) is 0 Å². The molecular weight excluding hydrogens is 316 g/mol. The second-order valence-corrected chi connectivity index (χ2v) is 6.05. The first-order valence-corrected chi connectivity index (χ1v) is 7.86. The molecule has 1 aromatic carbocycles. The number of carbonyl (C=O) groups is 1. The van der Waals surface area contributed by atoms with Gasteiger partial charge in [-0.25, -0.2) is 9.48 Å². The fraction of sp³-hybridized carbons (Fsp3) is 0.375. The van der Waals surface area contributed by atoms with E-state index in [-0.39, 0.29) is 18.1 Å². The van der Waals surface area contributed by atoms with Crippen LogP contribution in [0.25, 0.3) is 5.69 Å². The molecule has 2 unspecified atom stereocenters. The lowest BCUT2D eigenvalue weighted by Crippen LogP contribution is -2.33. The Hall–Kier alpha value is -2.05. The average molecular weight is 337 g/mol. The second kappa shape index (κ2) is 7.99. The minimum Gasteiger partial charge on any atom is -0.393 e. The fourth-order valence-corrected chi connectivity index (χ4v) is 2.56. The Kier molecular flexibility index (Phi) is 6.01. The molecule has 23 heavy (non-hydrogen) atoms. The number of rotatable bonds is 6. The van der Waals surface area contributed by atoms with Crippen molar-refractivity contribution in [2.45, 2.75) is 26.4 Å². The molecule has 0 aliphatic carbocycles. The van der Waals surface area contributed by atoms with Gasteiger partial charge in [-0.2, -0.15) is 5.10 Å². The molecule has 2 amide bonds. The Balaban J connectivity index is 1.90. The van der Waals surface area contributed by atoms with Crippen molar-refractivity contribution in [2.75, 3.05) is 11.9 Å². The highest BCUT2D eigenvalue weighted by molar-refractivity contribution is 6.32. The predicted molar refractivity (Wildman–Crippen MR) is 91.1 cm³/mol. The van der Waals surface area contributed by atoms with E-state index in [1.165, 1.54) is 0 Å². The van der Waals surface area contributed by atoms with Crippen LogP contribution in [0.5, 0.6) is 0 Å². The summed E-state index contributed by atoms with van der Waals surface area (Å²) in [6.45, 7) is 4.21. The standard InChI is InChI=1S/C16H21ClN4O2/c1-11(8-12(2)22)10-18-16(23)20-13-4-5-15(14(17)9-13)21-7-3-6-19-21/h3-7,9,11-12,22H,8,10H2,1-2H3,(H2,18,20,23). The third kappa shape index (κ3) is 5.26. The zero-order valence-electron chi connectivity index (χ0n) is 13.2. The maximum absolute atomic E-state index is 11.9. The van der Waals surface area contributed by atoms with Gasteiger partial charge in [0.05, 0.1) is 16.8 Å². The highest BCUT2D eigenvalue weighted by Crippen LogP contribution is 2.23. The van der Waals surface area contributed by atoms with E-state index in [0.717, 1.165) is 5.69 Å². The summed E-state index contributed by atoms with van der Waals surface area (Å²) in [4.78, 5) is 11.9. The van der Waals surface area contributed by atoms with E-state index < -0.39 is 0 Å². The molecule has 0 aliphatic rings. The maximum atomic E-state index is 11.9. The van der Waals surface area contributed by atoms with Crippen molar-refractivity contribution in [3.8, 4) is 5.69 Å². The van der Waals surface area contributed by atoms with Gasteiger partial charge in [-0.15, -0.1) is 0 Å². The molecule has 3 N–H and O–H groups in total. The van der Waals surface area contributed by atoms with Gasteiger partial charge in [-0.1, -0.05) is 18.5 Å². The van der Waals surface area contributed by atoms with Crippen LogP contribution in [0.1, 0.15) is 20.3 Å². The first kappa shape index (κ1) is 17.3. The number of hydrogen-bond acceptors (Lipinski definition) is 3. The average Bonchev–Trinajstić information content (AvgIpc) is 2.98. The van der Waals surface area contributed by atoms with Crippen LogP contribution in [0.15, 0.2) is 36.7 Å². The summed E-state index contributed by atoms with van der Waals surface area (Å²) in [6, 6.07) is 6.75. The highest BCUT2D eigenvalue weighted by Gasteiger charge is 2.10. The second-order valence-electron chi connectivity index (χ2n) is 5.64. The molecule has 1 aromatic heterocycles. The van der Waals surface area contributed by atoms with Gasteiger partial charge in [-0.05, 0) is 43.5 Å². The van der Waals surface area contributed by atoms with Gasteiger partial charge < -0.3 is 15.7 Å². The summed E-state index contributed by atoms with van der Waals surface area (Å²) in [5, 5.41) is 19.4. The Morgan fingerprint density at radius 2 is 2.22 bits per heavy atom. The Morgan fingerprint density at radius 1 is 1.43 bits per heavy atom. The molecule has 2 atom stereocenters. The van der Waals surface area contributed by atoms with Crippen LogP contribution in [0.2, 0.25) is 5.02 Å². The van der Waals surface area contributed by atoms with Crippen molar-refractivity contribution in [1.29, 1.82) is 0 Å². The summed E-state index contributed by atoms with van der Waals surface area (Å²) in [5.74, 6) is 0.200. The number of nitrogens with zero attached hydrogens (tertiary/aromatic N) is 2. The van der Waals surface area contributed by atoms with Crippen LogP contribution in [-0.2, 0) is 0 Å². The molecule has 6 nitrogen and oxygen atoms in total. The lowest BCUT2D eigenvalue weighted by molar-refractivity contribution is 0.163. The number of hydrogen-bond donors (Lipinski definition) is 3. The van der Waals surface area contributed by atoms with Crippen LogP contribution in [-0.4, -0.2) is 33.6 Å². The molecule has 2 aromatic rings. The highest BCUT2D eigenvalue weighted by atomic mass is 35.5. The lowest BCUT2D eigenvalue weighted by atomic mass is 10.1. The molecule has 0 spiro atoms. The minimum atomic E-state index is -0.372. The largest absolute Gasteiger partial charge is 0.393 e. The number of aliphatic hydroxyl groups is 1. The number of carbonyl (C=O) groups excluding carboxylic acids is 1. The molecule has 0 saturated carbocycles. The monoisotopic (exact) mass is 336 g/mol. The topological polar surface area (TPSA) is 79.2 Å². The van der Waals surface area contributed by atoms with E-state index in [1.807, 2.05) is 13.0 Å². The minimum absolute atomic E-state index is 0.200. The quantitative estimate of drug-likeness (QED) is 0.758. The van der Waals surface area contributed by atoms with Gasteiger partial charge in [0.15, 0.2) is 0 Å². The number of aliphatic hydroxyl groups excluding tert-OH is 1. The fourth-order valence-electron chi connectivity index (χ4n) is 2.29. The van der Waals surface area contributed by atoms with Crippen molar-refractivity contribution in [1.82, 2.24) is 15.1 Å². The van der Waals surface area contributed by atoms with Crippen LogP contribution >= 0.6 is 11.6 Å². The normalized spacial score (nSPS) is 13.4. The van der Waals surface area contributed by atoms with E-state index in [9.17, 15) is 9.90 Å². The first-order chi connectivity index (χ1) is 11.0. The molecule has 0 radical (unpaired) electrons. The van der Waals surface area contributed by atoms with Crippen molar-refractivity contribution in [2.24, 2.45) is 5.92 Å². The van der Waals surface area contributed by atoms with Crippen molar-refractivity contribution < 1.29 is 9.90 Å². The summed E-state index contributed by atoms with van der Waals surface area (Å²) < 4.78 is 1.66. The van der Waals surface area contributed by atoms with E-state index in [4.69, 9.17) is 11.6 Å². The lowest BCUT2D eigenvalue weighted by Gasteiger charge is -2.15. The van der Waals surface area contributed by atoms with E-state index in [2.05, 4.69) is 15.7 Å². The number of urea groups is 1. The predicted octanol–water partition coefficient (Wildman–Crippen LogP) is 3.05. The van der Waals surface area contributed by atoms with Crippen LogP contribution in [0.4, 0.5) is 10.5 Å². The molecule has 1 heterocycles. The molecule has 7 heteroatoms. The molecule has 0 saturated heterocycles. The zero-order valence-corrected chi connectivity index (χ0v) is 13.9. The summed E-state index contributed by atoms with van der Waals surface area (Å²) in [6.07, 6.45) is 3.74. The summed E-state index contributed by atoms with van der Waals surface area (Å²) in [7, 11) is 0. The smallest absolute Gasteiger partial charge is 0.319 e. The van der Waals surface area contributed by atoms with Crippen LogP contribution in [0, 0.1) is 5.92 Å². The zero-order chi connectivity index (χ0) is 16.8. The molecule has 0 bridgehead atoms. The van der Waals surface area contributed by atoms with E-state index in [0.29, 0.717) is 23.7 Å². The third-order valence-electron chi connectivity index (χ3n) is 3.31. The molecule has 0 fully saturated rings. The molecular formula is C16H21ClN4O2. The van der Waals surface area contributed by atoms with Gasteiger partial charge in [0.25, 0.3) is 0 Å². The number of halogens is 1. The SMILES string of the molecule is CC(O)CC(C)CNC(=O)Nc1ccc(-n2cccn2)c(Cl)c1. The van der Waals surface area contributed by atoms with E-state index in [1.54, 1.807) is 42.2 Å². The van der Waals surface area contributed by atoms with Gasteiger partial charge in [0, 0.05) is 24.6 Å². The Labute approximate surface area is 140 Å². The summed E-state index contributed by atoms with van der Waals surface area (Å²) in [5.41, 5.74) is 1.35. The molecule has 2 rings (SSSR count). The van der Waals surface area contributed by atoms with Gasteiger partial charge in [0.1, 0.15) is 0 Å². The number of benzene rings is 1. The number of amides is 2. The third-order valence-corrected chi connectivity index (χ3v) is 3.61. The number of anilines is 1. The van der Waals surface area contributed by atoms with Crippen molar-refractivity contribution in [3.63, 3.8) is 0 Å². The maximum Gasteiger partial charge on any atom is 0.319 e. The van der Waals surface area contributed by atoms with Crippen molar-refractivity contribution in [3.05, 3.63) is 41.7 Å². The van der Waals surface area contributed by atoms with Crippen LogP contribution < -0.4 is 10.6 Å². The van der Waals surface area contributed by atoms with Crippen molar-refractivity contribution >= 4 is 23.3 Å². The molecule has 0 aliphatic heterocycles. The summed E-state index contributed by atoms with van der Waals surface area (Å²) >= 11 is 6.23. The van der Waals surface area contributed by atoms with Gasteiger partial charge >= 0.3 is 6.03 Å². The Bertz CT molecular complexity index is 644. The van der Waals surface area contributed by atoms with E-state index >= 15 is 0 Å². The number of nitrogens with one attached hydrogen (secondary N) is 2. The van der Waals surface area contributed by atoms with Gasteiger partial charge in [-0.3, -0.25) is 0 Å². The van der Waals surface area contributed by atoms with Crippen LogP contribution in [0.3, 0.4) is 0 Å². The number of aromatic nitrogens is 2. The molecule has 124 valence electrons.